The molecule has 0 unspecified atom stereocenters. The molecule has 1 N–H and O–H groups in total. The molecule has 0 aromatic heterocycles. The van der Waals surface area contributed by atoms with Crippen LogP contribution in [-0.4, -0.2) is 62.0 Å². The summed E-state index contributed by atoms with van der Waals surface area (Å²) in [7, 11) is 1.68. The number of nitrogens with zero attached hydrogens (tertiary/aromatic N) is 2. The van der Waals surface area contributed by atoms with Gasteiger partial charge in [-0.2, -0.15) is 0 Å². The van der Waals surface area contributed by atoms with Gasteiger partial charge in [0.2, 0.25) is 0 Å². The number of quaternary nitrogens is 1. The van der Waals surface area contributed by atoms with Crippen molar-refractivity contribution in [3.8, 4) is 5.75 Å². The van der Waals surface area contributed by atoms with Gasteiger partial charge in [0.15, 0.2) is 0 Å². The number of carbonyl (C=O) groups is 2. The highest BCUT2D eigenvalue weighted by atomic mass is 35.5. The summed E-state index contributed by atoms with van der Waals surface area (Å²) in [4.78, 5) is 30.8. The largest absolute Gasteiger partial charge is 0.496 e. The third-order valence-electron chi connectivity index (χ3n) is 6.23. The van der Waals surface area contributed by atoms with E-state index in [1.807, 2.05) is 12.1 Å². The van der Waals surface area contributed by atoms with Gasteiger partial charge in [-0.25, -0.2) is 9.69 Å². The number of hydrogen-bond acceptors (Lipinski definition) is 5. The van der Waals surface area contributed by atoms with Crippen LogP contribution in [0.5, 0.6) is 5.75 Å². The Labute approximate surface area is 196 Å². The van der Waals surface area contributed by atoms with Gasteiger partial charge < -0.3 is 14.4 Å². The van der Waals surface area contributed by atoms with Gasteiger partial charge in [-0.05, 0) is 42.0 Å². The lowest BCUT2D eigenvalue weighted by Gasteiger charge is -2.26. The van der Waals surface area contributed by atoms with E-state index in [0.29, 0.717) is 16.5 Å². The monoisotopic (exact) mass is 474 g/mol. The summed E-state index contributed by atoms with van der Waals surface area (Å²) in [6.07, 6.45) is 0. The van der Waals surface area contributed by atoms with Gasteiger partial charge in [0, 0.05) is 16.3 Å². The Hall–Kier alpha value is -2.26. The third kappa shape index (κ3) is 3.85. The summed E-state index contributed by atoms with van der Waals surface area (Å²) in [5.74, 6) is 1.24. The van der Waals surface area contributed by atoms with Gasteiger partial charge >= 0.3 is 6.03 Å². The van der Waals surface area contributed by atoms with Gasteiger partial charge in [0.05, 0.1) is 26.0 Å². The lowest BCUT2D eigenvalue weighted by molar-refractivity contribution is -0.921. The second-order valence-electron chi connectivity index (χ2n) is 8.15. The zero-order valence-electron chi connectivity index (χ0n) is 17.8. The van der Waals surface area contributed by atoms with E-state index in [0.717, 1.165) is 49.7 Å². The zero-order chi connectivity index (χ0) is 22.2. The molecule has 2 atom stereocenters. The van der Waals surface area contributed by atoms with Gasteiger partial charge in [-0.1, -0.05) is 17.7 Å². The maximum absolute atomic E-state index is 13.3. The summed E-state index contributed by atoms with van der Waals surface area (Å²) in [6.45, 7) is 4.29. The fraction of sp³-hybridized carbons (Fsp3) is 0.391. The highest BCUT2D eigenvalue weighted by molar-refractivity contribution is 7.99. The molecule has 5 rings (SSSR count). The number of morpholine rings is 1. The van der Waals surface area contributed by atoms with E-state index in [1.165, 1.54) is 9.80 Å². The molecule has 3 amide bonds. The Kier molecular flexibility index (Phi) is 6.03. The SMILES string of the molecule is COc1ccc([C@H]2SC[C@H]3C(=O)N(c4ccc(Cl)cc4)C(=O)N23)cc1C[NH+]1CCOCC1. The smallest absolute Gasteiger partial charge is 0.333 e. The molecule has 9 heteroatoms. The molecule has 3 aliphatic rings. The van der Waals surface area contributed by atoms with E-state index in [2.05, 4.69) is 6.07 Å². The molecule has 168 valence electrons. The van der Waals surface area contributed by atoms with Crippen LogP contribution in [0.15, 0.2) is 42.5 Å². The molecule has 0 bridgehead atoms. The first-order valence-electron chi connectivity index (χ1n) is 10.7. The first kappa shape index (κ1) is 21.6. The lowest BCUT2D eigenvalue weighted by atomic mass is 10.1. The number of anilines is 1. The molecular weight excluding hydrogens is 450 g/mol. The van der Waals surface area contributed by atoms with Gasteiger partial charge in [-0.15, -0.1) is 11.8 Å². The van der Waals surface area contributed by atoms with Crippen molar-refractivity contribution in [2.45, 2.75) is 18.0 Å². The quantitative estimate of drug-likeness (QED) is 0.674. The van der Waals surface area contributed by atoms with Crippen molar-refractivity contribution in [3.63, 3.8) is 0 Å². The van der Waals surface area contributed by atoms with E-state index < -0.39 is 6.04 Å². The fourth-order valence-corrected chi connectivity index (χ4v) is 6.10. The number of imide groups is 1. The fourth-order valence-electron chi connectivity index (χ4n) is 4.57. The normalized spacial score (nSPS) is 23.7. The molecule has 3 saturated heterocycles. The number of methoxy groups -OCH3 is 1. The summed E-state index contributed by atoms with van der Waals surface area (Å²) < 4.78 is 11.1. The summed E-state index contributed by atoms with van der Waals surface area (Å²) >= 11 is 7.61. The standard InChI is InChI=1S/C23H24ClN3O4S/c1-30-20-7-2-15(12-16(20)13-25-8-10-31-11-9-25)22-27-19(14-32-22)21(28)26(23(27)29)18-5-3-17(24)4-6-18/h2-7,12,19,22H,8-11,13-14H2,1H3/p+1/t19-,22+/m0/s1. The molecule has 0 saturated carbocycles. The number of rotatable bonds is 5. The summed E-state index contributed by atoms with van der Waals surface area (Å²) in [5.41, 5.74) is 2.67. The van der Waals surface area contributed by atoms with E-state index in [1.54, 1.807) is 48.0 Å². The van der Waals surface area contributed by atoms with Crippen molar-refractivity contribution >= 4 is 41.0 Å². The number of urea groups is 1. The van der Waals surface area contributed by atoms with Crippen molar-refractivity contribution in [2.24, 2.45) is 0 Å². The van der Waals surface area contributed by atoms with Crippen LogP contribution in [0.1, 0.15) is 16.5 Å². The predicted octanol–water partition coefficient (Wildman–Crippen LogP) is 2.35. The summed E-state index contributed by atoms with van der Waals surface area (Å²) in [5, 5.41) is 0.355. The molecule has 3 fully saturated rings. The van der Waals surface area contributed by atoms with Crippen LogP contribution in [0.3, 0.4) is 0 Å². The van der Waals surface area contributed by atoms with Crippen LogP contribution >= 0.6 is 23.4 Å². The number of amides is 3. The Morgan fingerprint density at radius 1 is 1.16 bits per heavy atom. The van der Waals surface area contributed by atoms with Crippen molar-refractivity contribution in [1.82, 2.24) is 4.90 Å². The highest BCUT2D eigenvalue weighted by Gasteiger charge is 2.53. The predicted molar refractivity (Wildman–Crippen MR) is 123 cm³/mol. The number of carbonyl (C=O) groups excluding carboxylic acids is 2. The maximum Gasteiger partial charge on any atom is 0.333 e. The number of nitrogens with one attached hydrogen (secondary N) is 1. The van der Waals surface area contributed by atoms with Crippen LogP contribution in [0.25, 0.3) is 0 Å². The third-order valence-corrected chi connectivity index (χ3v) is 7.81. The van der Waals surface area contributed by atoms with Crippen LogP contribution < -0.4 is 14.5 Å². The topological polar surface area (TPSA) is 63.5 Å². The number of ether oxygens (including phenoxy) is 2. The molecular formula is C23H25ClN3O4S+. The van der Waals surface area contributed by atoms with Crippen molar-refractivity contribution in [3.05, 3.63) is 58.6 Å². The second-order valence-corrected chi connectivity index (χ2v) is 9.70. The molecule has 7 nitrogen and oxygen atoms in total. The van der Waals surface area contributed by atoms with Crippen LogP contribution in [0.2, 0.25) is 5.02 Å². The van der Waals surface area contributed by atoms with E-state index in [-0.39, 0.29) is 17.3 Å². The zero-order valence-corrected chi connectivity index (χ0v) is 19.3. The van der Waals surface area contributed by atoms with Gasteiger partial charge in [0.25, 0.3) is 5.91 Å². The van der Waals surface area contributed by atoms with Gasteiger partial charge in [-0.3, -0.25) is 9.69 Å². The minimum absolute atomic E-state index is 0.182. The van der Waals surface area contributed by atoms with Gasteiger partial charge in [0.1, 0.15) is 36.8 Å². The first-order valence-corrected chi connectivity index (χ1v) is 12.1. The van der Waals surface area contributed by atoms with Crippen molar-refractivity contribution in [2.75, 3.05) is 44.1 Å². The van der Waals surface area contributed by atoms with Crippen LogP contribution in [0.4, 0.5) is 10.5 Å². The molecule has 3 heterocycles. The van der Waals surface area contributed by atoms with Crippen molar-refractivity contribution < 1.29 is 24.0 Å². The van der Waals surface area contributed by atoms with E-state index >= 15 is 0 Å². The Balaban J connectivity index is 1.42. The van der Waals surface area contributed by atoms with E-state index in [4.69, 9.17) is 21.1 Å². The van der Waals surface area contributed by atoms with Crippen LogP contribution in [-0.2, 0) is 16.1 Å². The highest BCUT2D eigenvalue weighted by Crippen LogP contribution is 2.46. The molecule has 0 radical (unpaired) electrons. The number of halogens is 1. The number of thioether (sulfide) groups is 1. The molecule has 32 heavy (non-hydrogen) atoms. The molecule has 0 aliphatic carbocycles. The van der Waals surface area contributed by atoms with Crippen molar-refractivity contribution in [1.29, 1.82) is 0 Å². The molecule has 0 spiro atoms. The Morgan fingerprint density at radius 3 is 2.62 bits per heavy atom. The molecule has 2 aromatic carbocycles. The Morgan fingerprint density at radius 2 is 1.91 bits per heavy atom. The second kappa shape index (κ2) is 8.94. The average Bonchev–Trinajstić information content (AvgIpc) is 3.35. The molecule has 2 aromatic rings. The van der Waals surface area contributed by atoms with Crippen LogP contribution in [0, 0.1) is 0 Å². The first-order chi connectivity index (χ1) is 15.6. The number of benzene rings is 2. The molecule has 3 aliphatic heterocycles. The maximum atomic E-state index is 13.3. The number of hydrogen-bond donors (Lipinski definition) is 1. The number of fused-ring (bicyclic) bond motifs is 1. The lowest BCUT2D eigenvalue weighted by Crippen LogP contribution is -3.12. The average molecular weight is 475 g/mol. The minimum atomic E-state index is -0.455. The Bertz CT molecular complexity index is 1030. The minimum Gasteiger partial charge on any atom is -0.496 e. The summed E-state index contributed by atoms with van der Waals surface area (Å²) in [6, 6.07) is 12.2. The van der Waals surface area contributed by atoms with E-state index in [9.17, 15) is 9.59 Å².